The summed E-state index contributed by atoms with van der Waals surface area (Å²) in [7, 11) is 1.79. The van der Waals surface area contributed by atoms with Gasteiger partial charge in [0.05, 0.1) is 10.7 Å². The Bertz CT molecular complexity index is 803. The molecule has 3 heterocycles. The van der Waals surface area contributed by atoms with Crippen molar-refractivity contribution in [3.8, 4) is 0 Å². The number of carbonyl (C=O) groups excluding carboxylic acids is 1. The molecule has 8 heteroatoms. The van der Waals surface area contributed by atoms with Gasteiger partial charge in [0.1, 0.15) is 6.17 Å². The Morgan fingerprint density at radius 2 is 2.35 bits per heavy atom. The molecule has 0 unspecified atom stereocenters. The summed E-state index contributed by atoms with van der Waals surface area (Å²) in [4.78, 5) is 21.1. The number of aromatic nitrogens is 3. The number of alkyl halides is 1. The standard InChI is InChI=1S/C18H24FN5OS/c1-11-20-13(10-26-11)8-24-7-12(19)6-14(24)9-23(2)18(25)17-15-4-3-5-16(15)21-22-17/h10,12,14H,3-9H2,1-2H3,(H,21,22)/t12-,14-/m0/s1. The topological polar surface area (TPSA) is 65.1 Å². The minimum atomic E-state index is -0.849. The smallest absolute Gasteiger partial charge is 0.274 e. The number of likely N-dealkylation sites (N-methyl/N-ethyl adjacent to an activating group) is 1. The molecule has 0 radical (unpaired) electrons. The highest BCUT2D eigenvalue weighted by molar-refractivity contribution is 7.09. The summed E-state index contributed by atoms with van der Waals surface area (Å²) in [6, 6.07) is 0.00736. The number of hydrogen-bond donors (Lipinski definition) is 1. The molecule has 4 rings (SSSR count). The average molecular weight is 377 g/mol. The fourth-order valence-electron chi connectivity index (χ4n) is 4.07. The number of H-pyrrole nitrogens is 1. The van der Waals surface area contributed by atoms with Crippen molar-refractivity contribution in [2.45, 2.75) is 51.4 Å². The number of aromatic amines is 1. The van der Waals surface area contributed by atoms with E-state index >= 15 is 0 Å². The van der Waals surface area contributed by atoms with Gasteiger partial charge in [0.2, 0.25) is 0 Å². The molecule has 0 saturated carbocycles. The first-order chi connectivity index (χ1) is 12.5. The van der Waals surface area contributed by atoms with E-state index in [1.165, 1.54) is 0 Å². The van der Waals surface area contributed by atoms with Crippen molar-refractivity contribution >= 4 is 17.2 Å². The van der Waals surface area contributed by atoms with Crippen molar-refractivity contribution in [1.29, 1.82) is 0 Å². The Hall–Kier alpha value is -1.80. The molecule has 2 aromatic rings. The maximum atomic E-state index is 14.1. The number of likely N-dealkylation sites (tertiary alicyclic amines) is 1. The molecule has 2 aromatic heterocycles. The zero-order valence-electron chi connectivity index (χ0n) is 15.2. The van der Waals surface area contributed by atoms with Crippen molar-refractivity contribution in [1.82, 2.24) is 25.0 Å². The number of rotatable bonds is 5. The molecule has 1 saturated heterocycles. The molecule has 1 amide bonds. The van der Waals surface area contributed by atoms with Gasteiger partial charge in [-0.05, 0) is 32.6 Å². The van der Waals surface area contributed by atoms with E-state index in [0.29, 0.717) is 31.7 Å². The lowest BCUT2D eigenvalue weighted by Gasteiger charge is -2.27. The van der Waals surface area contributed by atoms with Crippen LogP contribution < -0.4 is 0 Å². The lowest BCUT2D eigenvalue weighted by atomic mass is 10.1. The number of nitrogens with one attached hydrogen (secondary N) is 1. The maximum Gasteiger partial charge on any atom is 0.274 e. The molecular weight excluding hydrogens is 353 g/mol. The summed E-state index contributed by atoms with van der Waals surface area (Å²) in [5.74, 6) is -0.0730. The van der Waals surface area contributed by atoms with E-state index in [1.54, 1.807) is 23.3 Å². The molecular formula is C18H24FN5OS. The highest BCUT2D eigenvalue weighted by Crippen LogP contribution is 2.26. The molecule has 1 aliphatic carbocycles. The molecule has 1 N–H and O–H groups in total. The monoisotopic (exact) mass is 377 g/mol. The van der Waals surface area contributed by atoms with Crippen LogP contribution in [-0.2, 0) is 19.4 Å². The summed E-state index contributed by atoms with van der Waals surface area (Å²) in [6.45, 7) is 3.52. The minimum absolute atomic E-state index is 0.00736. The van der Waals surface area contributed by atoms with Gasteiger partial charge >= 0.3 is 0 Å². The Labute approximate surface area is 156 Å². The molecule has 140 valence electrons. The van der Waals surface area contributed by atoms with E-state index in [-0.39, 0.29) is 11.9 Å². The lowest BCUT2D eigenvalue weighted by Crippen LogP contribution is -2.41. The number of carbonyl (C=O) groups is 1. The molecule has 1 aliphatic heterocycles. The zero-order chi connectivity index (χ0) is 18.3. The lowest BCUT2D eigenvalue weighted by molar-refractivity contribution is 0.0742. The van der Waals surface area contributed by atoms with E-state index in [4.69, 9.17) is 0 Å². The van der Waals surface area contributed by atoms with Crippen LogP contribution in [0.1, 0.15) is 45.3 Å². The third kappa shape index (κ3) is 3.40. The van der Waals surface area contributed by atoms with Gasteiger partial charge in [-0.2, -0.15) is 5.10 Å². The number of thiazole rings is 1. The first-order valence-electron chi connectivity index (χ1n) is 9.12. The van der Waals surface area contributed by atoms with Crippen LogP contribution in [0.25, 0.3) is 0 Å². The quantitative estimate of drug-likeness (QED) is 0.869. The summed E-state index contributed by atoms with van der Waals surface area (Å²) in [5, 5.41) is 10.3. The second-order valence-electron chi connectivity index (χ2n) is 7.34. The van der Waals surface area contributed by atoms with Gasteiger partial charge < -0.3 is 4.90 Å². The van der Waals surface area contributed by atoms with Crippen LogP contribution in [0.15, 0.2) is 5.38 Å². The van der Waals surface area contributed by atoms with Gasteiger partial charge in [0.25, 0.3) is 5.91 Å². The molecule has 2 aliphatic rings. The fraction of sp³-hybridized carbons (Fsp3) is 0.611. The molecule has 1 fully saturated rings. The van der Waals surface area contributed by atoms with Crippen molar-refractivity contribution in [3.05, 3.63) is 33.0 Å². The summed E-state index contributed by atoms with van der Waals surface area (Å²) < 4.78 is 14.1. The first kappa shape index (κ1) is 17.6. The van der Waals surface area contributed by atoms with Gasteiger partial charge in [-0.25, -0.2) is 9.37 Å². The highest BCUT2D eigenvalue weighted by atomic mass is 32.1. The van der Waals surface area contributed by atoms with Crippen molar-refractivity contribution < 1.29 is 9.18 Å². The highest BCUT2D eigenvalue weighted by Gasteiger charge is 2.35. The van der Waals surface area contributed by atoms with Crippen molar-refractivity contribution in [2.24, 2.45) is 0 Å². The second-order valence-corrected chi connectivity index (χ2v) is 8.40. The number of nitrogens with zero attached hydrogens (tertiary/aromatic N) is 4. The third-order valence-electron chi connectivity index (χ3n) is 5.35. The zero-order valence-corrected chi connectivity index (χ0v) is 16.0. The van der Waals surface area contributed by atoms with Gasteiger partial charge in [-0.15, -0.1) is 11.3 Å². The average Bonchev–Trinajstić information content (AvgIpc) is 3.33. The second kappa shape index (κ2) is 7.08. The maximum absolute atomic E-state index is 14.1. The van der Waals surface area contributed by atoms with Crippen LogP contribution in [0, 0.1) is 6.92 Å². The number of aryl methyl sites for hydroxylation is 2. The van der Waals surface area contributed by atoms with Gasteiger partial charge in [-0.3, -0.25) is 14.8 Å². The van der Waals surface area contributed by atoms with E-state index in [1.807, 2.05) is 12.3 Å². The molecule has 0 bridgehead atoms. The van der Waals surface area contributed by atoms with E-state index in [0.717, 1.165) is 41.2 Å². The van der Waals surface area contributed by atoms with Gasteiger partial charge in [-0.1, -0.05) is 0 Å². The normalized spacial score (nSPS) is 22.7. The predicted octanol–water partition coefficient (Wildman–Crippen LogP) is 2.35. The van der Waals surface area contributed by atoms with Gasteiger partial charge in [0, 0.05) is 49.4 Å². The van der Waals surface area contributed by atoms with Crippen molar-refractivity contribution in [2.75, 3.05) is 20.1 Å². The first-order valence-corrected chi connectivity index (χ1v) is 10.00. The fourth-order valence-corrected chi connectivity index (χ4v) is 4.67. The van der Waals surface area contributed by atoms with Gasteiger partial charge in [0.15, 0.2) is 5.69 Å². The largest absolute Gasteiger partial charge is 0.339 e. The van der Waals surface area contributed by atoms with Crippen molar-refractivity contribution in [3.63, 3.8) is 0 Å². The predicted molar refractivity (Wildman–Crippen MR) is 98.1 cm³/mol. The Balaban J connectivity index is 1.43. The number of hydrogen-bond acceptors (Lipinski definition) is 5. The van der Waals surface area contributed by atoms with E-state index < -0.39 is 6.17 Å². The van der Waals surface area contributed by atoms with Crippen LogP contribution in [0.2, 0.25) is 0 Å². The summed E-state index contributed by atoms with van der Waals surface area (Å²) in [6.07, 6.45) is 2.55. The SMILES string of the molecule is Cc1nc(CN2C[C@@H](F)C[C@H]2CN(C)C(=O)c2n[nH]c3c2CCC3)cs1. The minimum Gasteiger partial charge on any atom is -0.339 e. The Morgan fingerprint density at radius 1 is 1.50 bits per heavy atom. The molecule has 0 aromatic carbocycles. The number of amides is 1. The number of fused-ring (bicyclic) bond motifs is 1. The Morgan fingerprint density at radius 3 is 3.12 bits per heavy atom. The number of halogens is 1. The van der Waals surface area contributed by atoms with Crippen LogP contribution in [0.5, 0.6) is 0 Å². The van der Waals surface area contributed by atoms with Crippen LogP contribution in [0.3, 0.4) is 0 Å². The van der Waals surface area contributed by atoms with E-state index in [2.05, 4.69) is 20.1 Å². The molecule has 0 spiro atoms. The van der Waals surface area contributed by atoms with Crippen LogP contribution in [0.4, 0.5) is 4.39 Å². The van der Waals surface area contributed by atoms with E-state index in [9.17, 15) is 9.18 Å². The molecule has 6 nitrogen and oxygen atoms in total. The molecule has 2 atom stereocenters. The summed E-state index contributed by atoms with van der Waals surface area (Å²) >= 11 is 1.61. The molecule has 26 heavy (non-hydrogen) atoms. The third-order valence-corrected chi connectivity index (χ3v) is 6.17. The van der Waals surface area contributed by atoms with Crippen LogP contribution >= 0.6 is 11.3 Å². The Kier molecular flexibility index (Phi) is 4.79. The summed E-state index contributed by atoms with van der Waals surface area (Å²) in [5.41, 5.74) is 3.67. The van der Waals surface area contributed by atoms with Crippen LogP contribution in [-0.4, -0.2) is 63.2 Å².